The fourth-order valence-corrected chi connectivity index (χ4v) is 2.57. The molecule has 5 heteroatoms. The van der Waals surface area contributed by atoms with Gasteiger partial charge in [-0.15, -0.1) is 5.10 Å². The summed E-state index contributed by atoms with van der Waals surface area (Å²) in [5, 5.41) is 8.58. The standard InChI is InChI=1S/C10H14ClN3S/c1-7(11)6-15-10-12-9(13-14-10)8-4-2-3-5-8/h8H,1-6H2,(H,12,13,14). The Morgan fingerprint density at radius 2 is 2.27 bits per heavy atom. The van der Waals surface area contributed by atoms with Crippen LogP contribution >= 0.6 is 23.4 Å². The molecule has 1 aromatic rings. The zero-order valence-corrected chi connectivity index (χ0v) is 10.1. The Kier molecular flexibility index (Phi) is 3.70. The van der Waals surface area contributed by atoms with Gasteiger partial charge in [0.05, 0.1) is 0 Å². The van der Waals surface area contributed by atoms with Gasteiger partial charge in [0.15, 0.2) is 0 Å². The summed E-state index contributed by atoms with van der Waals surface area (Å²) in [6.07, 6.45) is 5.10. The first-order valence-corrected chi connectivity index (χ1v) is 6.50. The van der Waals surface area contributed by atoms with Crippen molar-refractivity contribution in [1.29, 1.82) is 0 Å². The third-order valence-corrected chi connectivity index (χ3v) is 3.81. The molecule has 1 aromatic heterocycles. The van der Waals surface area contributed by atoms with Crippen LogP contribution in [0.2, 0.25) is 0 Å². The molecule has 2 rings (SSSR count). The van der Waals surface area contributed by atoms with Crippen LogP contribution in [0, 0.1) is 0 Å². The number of halogens is 1. The average Bonchev–Trinajstić information content (AvgIpc) is 2.85. The van der Waals surface area contributed by atoms with Gasteiger partial charge in [0.1, 0.15) is 5.82 Å². The highest BCUT2D eigenvalue weighted by atomic mass is 35.5. The molecule has 1 N–H and O–H groups in total. The number of nitrogens with one attached hydrogen (secondary N) is 1. The predicted octanol–water partition coefficient (Wildman–Crippen LogP) is 3.31. The Morgan fingerprint density at radius 3 is 2.93 bits per heavy atom. The Balaban J connectivity index is 1.94. The first-order valence-electron chi connectivity index (χ1n) is 5.14. The van der Waals surface area contributed by atoms with E-state index in [0.717, 1.165) is 11.0 Å². The third-order valence-electron chi connectivity index (χ3n) is 2.58. The van der Waals surface area contributed by atoms with Gasteiger partial charge in [-0.1, -0.05) is 42.8 Å². The first kappa shape index (κ1) is 11.0. The Morgan fingerprint density at radius 1 is 1.53 bits per heavy atom. The van der Waals surface area contributed by atoms with E-state index in [0.29, 0.717) is 16.7 Å². The molecule has 1 fully saturated rings. The van der Waals surface area contributed by atoms with Crippen molar-refractivity contribution in [2.75, 3.05) is 5.75 Å². The molecule has 0 radical (unpaired) electrons. The lowest BCUT2D eigenvalue weighted by Crippen LogP contribution is -1.94. The lowest BCUT2D eigenvalue weighted by atomic mass is 10.1. The molecular formula is C10H14ClN3S. The van der Waals surface area contributed by atoms with E-state index in [9.17, 15) is 0 Å². The van der Waals surface area contributed by atoms with Gasteiger partial charge in [-0.3, -0.25) is 5.10 Å². The lowest BCUT2D eigenvalue weighted by Gasteiger charge is -2.01. The summed E-state index contributed by atoms with van der Waals surface area (Å²) in [7, 11) is 0. The van der Waals surface area contributed by atoms with E-state index < -0.39 is 0 Å². The van der Waals surface area contributed by atoms with Crippen molar-refractivity contribution in [2.24, 2.45) is 0 Å². The van der Waals surface area contributed by atoms with Crippen molar-refractivity contribution in [3.05, 3.63) is 17.4 Å². The van der Waals surface area contributed by atoms with Crippen LogP contribution in [0.1, 0.15) is 37.4 Å². The highest BCUT2D eigenvalue weighted by Crippen LogP contribution is 2.32. The zero-order chi connectivity index (χ0) is 10.7. The maximum absolute atomic E-state index is 5.68. The van der Waals surface area contributed by atoms with E-state index in [-0.39, 0.29) is 0 Å². The zero-order valence-electron chi connectivity index (χ0n) is 8.50. The summed E-state index contributed by atoms with van der Waals surface area (Å²) >= 11 is 7.20. The van der Waals surface area contributed by atoms with E-state index in [1.807, 2.05) is 0 Å². The van der Waals surface area contributed by atoms with E-state index in [1.165, 1.54) is 37.4 Å². The fraction of sp³-hybridized carbons (Fsp3) is 0.600. The topological polar surface area (TPSA) is 41.6 Å². The number of rotatable bonds is 4. The summed E-state index contributed by atoms with van der Waals surface area (Å²) in [6.45, 7) is 3.63. The highest BCUT2D eigenvalue weighted by molar-refractivity contribution is 7.99. The van der Waals surface area contributed by atoms with E-state index >= 15 is 0 Å². The molecule has 0 aromatic carbocycles. The largest absolute Gasteiger partial charge is 0.262 e. The second-order valence-electron chi connectivity index (χ2n) is 3.79. The van der Waals surface area contributed by atoms with Crippen LogP contribution < -0.4 is 0 Å². The van der Waals surface area contributed by atoms with Gasteiger partial charge in [0.25, 0.3) is 0 Å². The number of thioether (sulfide) groups is 1. The van der Waals surface area contributed by atoms with Crippen molar-refractivity contribution < 1.29 is 0 Å². The smallest absolute Gasteiger partial charge is 0.208 e. The normalized spacial score (nSPS) is 17.1. The van der Waals surface area contributed by atoms with Crippen LogP contribution in [-0.4, -0.2) is 20.9 Å². The fourth-order valence-electron chi connectivity index (χ4n) is 1.85. The van der Waals surface area contributed by atoms with Crippen LogP contribution in [0.3, 0.4) is 0 Å². The van der Waals surface area contributed by atoms with Crippen LogP contribution in [-0.2, 0) is 0 Å². The Hall–Kier alpha value is -0.480. The van der Waals surface area contributed by atoms with Crippen molar-refractivity contribution in [3.63, 3.8) is 0 Å². The number of aromatic amines is 1. The molecule has 1 heterocycles. The average molecular weight is 244 g/mol. The second kappa shape index (κ2) is 5.03. The minimum absolute atomic E-state index is 0.589. The van der Waals surface area contributed by atoms with E-state index in [1.54, 1.807) is 0 Å². The Labute approximate surface area is 98.7 Å². The third kappa shape index (κ3) is 2.98. The molecule has 0 aliphatic heterocycles. The van der Waals surface area contributed by atoms with Gasteiger partial charge in [-0.2, -0.15) is 0 Å². The summed E-state index contributed by atoms with van der Waals surface area (Å²) in [6, 6.07) is 0. The van der Waals surface area contributed by atoms with Gasteiger partial charge < -0.3 is 0 Å². The summed E-state index contributed by atoms with van der Waals surface area (Å²) in [5.41, 5.74) is 0. The van der Waals surface area contributed by atoms with Crippen molar-refractivity contribution >= 4 is 23.4 Å². The monoisotopic (exact) mass is 243 g/mol. The van der Waals surface area contributed by atoms with Crippen molar-refractivity contribution in [2.45, 2.75) is 36.8 Å². The van der Waals surface area contributed by atoms with Crippen LogP contribution in [0.15, 0.2) is 16.8 Å². The van der Waals surface area contributed by atoms with Gasteiger partial charge in [-0.05, 0) is 12.8 Å². The summed E-state index contributed by atoms with van der Waals surface area (Å²) < 4.78 is 0. The molecular weight excluding hydrogens is 230 g/mol. The molecule has 1 aliphatic rings. The lowest BCUT2D eigenvalue weighted by molar-refractivity contribution is 0.671. The Bertz CT molecular complexity index is 344. The van der Waals surface area contributed by atoms with Crippen molar-refractivity contribution in [1.82, 2.24) is 15.2 Å². The molecule has 0 bridgehead atoms. The summed E-state index contributed by atoms with van der Waals surface area (Å²) in [4.78, 5) is 4.46. The van der Waals surface area contributed by atoms with Gasteiger partial charge >= 0.3 is 0 Å². The van der Waals surface area contributed by atoms with Crippen molar-refractivity contribution in [3.8, 4) is 0 Å². The first-order chi connectivity index (χ1) is 7.25. The molecule has 0 atom stereocenters. The van der Waals surface area contributed by atoms with Gasteiger partial charge in [0.2, 0.25) is 5.16 Å². The molecule has 3 nitrogen and oxygen atoms in total. The van der Waals surface area contributed by atoms with Gasteiger partial charge in [-0.25, -0.2) is 4.98 Å². The van der Waals surface area contributed by atoms with E-state index in [4.69, 9.17) is 11.6 Å². The molecule has 1 aliphatic carbocycles. The quantitative estimate of drug-likeness (QED) is 0.825. The van der Waals surface area contributed by atoms with Gasteiger partial charge in [0, 0.05) is 16.7 Å². The molecule has 0 amide bonds. The van der Waals surface area contributed by atoms with Crippen LogP contribution in [0.5, 0.6) is 0 Å². The number of H-pyrrole nitrogens is 1. The molecule has 0 unspecified atom stereocenters. The van der Waals surface area contributed by atoms with Crippen LogP contribution in [0.25, 0.3) is 0 Å². The highest BCUT2D eigenvalue weighted by Gasteiger charge is 2.20. The number of nitrogens with zero attached hydrogens (tertiary/aromatic N) is 2. The minimum Gasteiger partial charge on any atom is -0.262 e. The number of aromatic nitrogens is 3. The number of hydrogen-bond acceptors (Lipinski definition) is 3. The molecule has 82 valence electrons. The minimum atomic E-state index is 0.589. The predicted molar refractivity (Wildman–Crippen MR) is 63.3 cm³/mol. The summed E-state index contributed by atoms with van der Waals surface area (Å²) in [5.74, 6) is 2.30. The molecule has 15 heavy (non-hydrogen) atoms. The maximum Gasteiger partial charge on any atom is 0.208 e. The van der Waals surface area contributed by atoms with Crippen LogP contribution in [0.4, 0.5) is 0 Å². The maximum atomic E-state index is 5.68. The van der Waals surface area contributed by atoms with E-state index in [2.05, 4.69) is 21.8 Å². The molecule has 0 spiro atoms. The number of hydrogen-bond donors (Lipinski definition) is 1. The molecule has 1 saturated carbocycles. The molecule has 0 saturated heterocycles. The SMILES string of the molecule is C=C(Cl)CSc1n[nH]c(C2CCCC2)n1. The second-order valence-corrected chi connectivity index (χ2v) is 5.27.